The minimum atomic E-state index is -3.82. The van der Waals surface area contributed by atoms with E-state index in [-0.39, 0.29) is 21.5 Å². The van der Waals surface area contributed by atoms with E-state index < -0.39 is 19.9 Å². The average Bonchev–Trinajstić information content (AvgIpc) is 2.59. The Hall–Kier alpha value is -1.90. The lowest BCUT2D eigenvalue weighted by Crippen LogP contribution is -2.27. The van der Waals surface area contributed by atoms with Crippen LogP contribution < -0.4 is 0 Å². The lowest BCUT2D eigenvalue weighted by molar-refractivity contribution is 0.449. The third-order valence-electron chi connectivity index (χ3n) is 3.31. The van der Waals surface area contributed by atoms with E-state index in [1.54, 1.807) is 25.1 Å². The summed E-state index contributed by atoms with van der Waals surface area (Å²) >= 11 is 6.13. The molecule has 0 saturated carbocycles. The maximum Gasteiger partial charge on any atom is 0.279 e. The van der Waals surface area contributed by atoms with Crippen molar-refractivity contribution in [2.24, 2.45) is 5.10 Å². The van der Waals surface area contributed by atoms with Gasteiger partial charge in [0.05, 0.1) is 16.3 Å². The first-order chi connectivity index (χ1) is 11.7. The van der Waals surface area contributed by atoms with Crippen molar-refractivity contribution >= 4 is 36.6 Å². The molecule has 0 aliphatic carbocycles. The number of nitrogens with zero attached hydrogens (tertiary/aromatic N) is 2. The molecule has 134 valence electrons. The largest absolute Gasteiger partial charge is 0.279 e. The van der Waals surface area contributed by atoms with Crippen LogP contribution in [0.5, 0.6) is 0 Å². The number of rotatable bonds is 6. The van der Waals surface area contributed by atoms with Gasteiger partial charge in [0.15, 0.2) is 15.0 Å². The van der Waals surface area contributed by atoms with Gasteiger partial charge in [-0.15, -0.1) is 5.10 Å². The van der Waals surface area contributed by atoms with Crippen molar-refractivity contribution in [3.8, 4) is 0 Å². The Morgan fingerprint density at radius 3 is 2.00 bits per heavy atom. The van der Waals surface area contributed by atoms with Gasteiger partial charge < -0.3 is 0 Å². The molecule has 9 heteroatoms. The minimum absolute atomic E-state index is 0.0543. The van der Waals surface area contributed by atoms with E-state index in [0.29, 0.717) is 5.56 Å². The summed E-state index contributed by atoms with van der Waals surface area (Å²) in [5.74, 6) is 0. The second kappa shape index (κ2) is 7.55. The van der Waals surface area contributed by atoms with Gasteiger partial charge in [0.1, 0.15) is 0 Å². The zero-order valence-corrected chi connectivity index (χ0v) is 16.0. The number of hydrazone groups is 1. The third kappa shape index (κ3) is 4.59. The van der Waals surface area contributed by atoms with Crippen molar-refractivity contribution in [3.05, 3.63) is 60.2 Å². The highest BCUT2D eigenvalue weighted by atomic mass is 35.5. The van der Waals surface area contributed by atoms with Crippen LogP contribution in [0.25, 0.3) is 0 Å². The molecule has 6 nitrogen and oxygen atoms in total. The topological polar surface area (TPSA) is 83.9 Å². The smallest absolute Gasteiger partial charge is 0.224 e. The van der Waals surface area contributed by atoms with E-state index in [4.69, 9.17) is 11.6 Å². The van der Waals surface area contributed by atoms with Crippen LogP contribution in [0.3, 0.4) is 0 Å². The number of sulfone groups is 1. The van der Waals surface area contributed by atoms with Crippen LogP contribution >= 0.6 is 11.6 Å². The Morgan fingerprint density at radius 2 is 1.52 bits per heavy atom. The lowest BCUT2D eigenvalue weighted by atomic mass is 10.2. The highest BCUT2D eigenvalue weighted by Crippen LogP contribution is 2.18. The van der Waals surface area contributed by atoms with Crippen molar-refractivity contribution in [1.82, 2.24) is 4.41 Å². The quantitative estimate of drug-likeness (QED) is 0.551. The molecule has 0 fully saturated rings. The summed E-state index contributed by atoms with van der Waals surface area (Å²) in [4.78, 5) is 0.252. The molecule has 0 unspecified atom stereocenters. The van der Waals surface area contributed by atoms with E-state index >= 15 is 0 Å². The highest BCUT2D eigenvalue weighted by molar-refractivity contribution is 7.90. The second-order valence-corrected chi connectivity index (χ2v) is 9.36. The Morgan fingerprint density at radius 1 is 0.960 bits per heavy atom. The normalized spacial score (nSPS) is 12.8. The zero-order valence-electron chi connectivity index (χ0n) is 13.6. The Bertz CT molecular complexity index is 971. The zero-order chi connectivity index (χ0) is 18.7. The summed E-state index contributed by atoms with van der Waals surface area (Å²) in [7, 11) is -7.14. The molecule has 0 atom stereocenters. The summed E-state index contributed by atoms with van der Waals surface area (Å²) in [5.41, 5.74) is 0.413. The fourth-order valence-corrected chi connectivity index (χ4v) is 4.17. The summed E-state index contributed by atoms with van der Waals surface area (Å²) in [6, 6.07) is 13.6. The molecular weight excluding hydrogens is 384 g/mol. The van der Waals surface area contributed by atoms with Crippen molar-refractivity contribution in [2.45, 2.75) is 16.7 Å². The molecular formula is C16H17ClN2O4S2. The highest BCUT2D eigenvalue weighted by Gasteiger charge is 2.22. The molecule has 2 rings (SSSR count). The molecule has 2 aromatic carbocycles. The maximum atomic E-state index is 12.6. The van der Waals surface area contributed by atoms with Crippen molar-refractivity contribution in [1.29, 1.82) is 0 Å². The molecule has 0 N–H and O–H groups in total. The molecule has 0 saturated heterocycles. The molecule has 0 radical (unpaired) electrons. The van der Waals surface area contributed by atoms with Crippen LogP contribution in [0.4, 0.5) is 0 Å². The fraction of sp³-hybridized carbons (Fsp3) is 0.188. The van der Waals surface area contributed by atoms with Crippen LogP contribution in [-0.2, 0) is 19.9 Å². The predicted octanol–water partition coefficient (Wildman–Crippen LogP) is 2.70. The van der Waals surface area contributed by atoms with Crippen LogP contribution in [0.15, 0.2) is 69.5 Å². The summed E-state index contributed by atoms with van der Waals surface area (Å²) < 4.78 is 49.0. The van der Waals surface area contributed by atoms with Crippen molar-refractivity contribution < 1.29 is 16.8 Å². The Kier molecular flexibility index (Phi) is 5.87. The van der Waals surface area contributed by atoms with E-state index in [9.17, 15) is 16.8 Å². The molecule has 0 bridgehead atoms. The first kappa shape index (κ1) is 19.4. The molecule has 25 heavy (non-hydrogen) atoms. The van der Waals surface area contributed by atoms with E-state index in [0.717, 1.165) is 10.7 Å². The molecule has 2 aromatic rings. The predicted molar refractivity (Wildman–Crippen MR) is 97.9 cm³/mol. The van der Waals surface area contributed by atoms with Gasteiger partial charge in [-0.2, -0.15) is 12.8 Å². The van der Waals surface area contributed by atoms with Gasteiger partial charge in [-0.3, -0.25) is 0 Å². The van der Waals surface area contributed by atoms with Crippen LogP contribution in [0.2, 0.25) is 0 Å². The standard InChI is InChI=1S/C16H17ClN2O4S2/c1-3-19(25(22,23)15-7-5-4-6-8-15)18-16(17)13-9-11-14(12-10-13)24(2,20)21/h4-12H,3H2,1-2H3/b18-16+. The SMILES string of the molecule is CCN(/N=C(/Cl)c1ccc(S(C)(=O)=O)cc1)S(=O)(=O)c1ccccc1. The monoisotopic (exact) mass is 400 g/mol. The van der Waals surface area contributed by atoms with E-state index in [2.05, 4.69) is 5.10 Å². The Labute approximate surface area is 152 Å². The number of sulfonamides is 1. The molecule has 0 aliphatic heterocycles. The average molecular weight is 401 g/mol. The second-order valence-electron chi connectivity index (χ2n) is 5.14. The molecule has 0 aliphatic rings. The van der Waals surface area contributed by atoms with Crippen molar-refractivity contribution in [2.75, 3.05) is 12.8 Å². The van der Waals surface area contributed by atoms with Gasteiger partial charge in [0.2, 0.25) is 0 Å². The maximum absolute atomic E-state index is 12.6. The summed E-state index contributed by atoms with van der Waals surface area (Å²) in [6.45, 7) is 1.73. The van der Waals surface area contributed by atoms with Gasteiger partial charge in [-0.1, -0.05) is 41.9 Å². The fourth-order valence-electron chi connectivity index (χ4n) is 2.00. The molecule has 0 aromatic heterocycles. The van der Waals surface area contributed by atoms with Gasteiger partial charge >= 0.3 is 0 Å². The lowest BCUT2D eigenvalue weighted by Gasteiger charge is -2.17. The number of hydrogen-bond acceptors (Lipinski definition) is 5. The third-order valence-corrected chi connectivity index (χ3v) is 6.49. The van der Waals surface area contributed by atoms with E-state index in [1.807, 2.05) is 0 Å². The minimum Gasteiger partial charge on any atom is -0.224 e. The molecule has 0 amide bonds. The number of benzene rings is 2. The molecule has 0 spiro atoms. The molecule has 0 heterocycles. The van der Waals surface area contributed by atoms with Gasteiger partial charge in [-0.05, 0) is 31.2 Å². The summed E-state index contributed by atoms with van der Waals surface area (Å²) in [5, 5.41) is 3.93. The van der Waals surface area contributed by atoms with Crippen LogP contribution in [0, 0.1) is 0 Å². The van der Waals surface area contributed by atoms with Gasteiger partial charge in [-0.25, -0.2) is 8.42 Å². The number of halogens is 1. The Balaban J connectivity index is 2.36. The van der Waals surface area contributed by atoms with Crippen LogP contribution in [-0.4, -0.2) is 39.2 Å². The van der Waals surface area contributed by atoms with E-state index in [1.165, 1.54) is 36.4 Å². The number of hydrogen-bond donors (Lipinski definition) is 0. The summed E-state index contributed by atoms with van der Waals surface area (Å²) in [6.07, 6.45) is 1.10. The van der Waals surface area contributed by atoms with Gasteiger partial charge in [0, 0.05) is 11.8 Å². The first-order valence-corrected chi connectivity index (χ1v) is 11.0. The van der Waals surface area contributed by atoms with Crippen LogP contribution in [0.1, 0.15) is 12.5 Å². The van der Waals surface area contributed by atoms with Crippen molar-refractivity contribution in [3.63, 3.8) is 0 Å². The van der Waals surface area contributed by atoms with Gasteiger partial charge in [0.25, 0.3) is 10.0 Å². The first-order valence-electron chi connectivity index (χ1n) is 7.28.